The highest BCUT2D eigenvalue weighted by Gasteiger charge is 2.46. The molecule has 7 nitrogen and oxygen atoms in total. The Balaban J connectivity index is 1.74. The number of aryl methyl sites for hydroxylation is 1. The zero-order valence-electron chi connectivity index (χ0n) is 13.7. The minimum Gasteiger partial charge on any atom is -0.387 e. The van der Waals surface area contributed by atoms with Crippen molar-refractivity contribution in [1.82, 2.24) is 25.5 Å². The quantitative estimate of drug-likeness (QED) is 0.777. The van der Waals surface area contributed by atoms with Gasteiger partial charge in [0, 0.05) is 25.2 Å². The van der Waals surface area contributed by atoms with Crippen LogP contribution in [-0.2, 0) is 6.54 Å². The molecule has 0 spiro atoms. The zero-order chi connectivity index (χ0) is 16.7. The third-order valence-corrected chi connectivity index (χ3v) is 4.95. The second-order valence-electron chi connectivity index (χ2n) is 6.89. The second kappa shape index (κ2) is 5.67. The molecule has 3 N–H and O–H groups in total. The molecule has 0 bridgehead atoms. The van der Waals surface area contributed by atoms with Crippen LogP contribution in [0.5, 0.6) is 0 Å². The number of piperidine rings is 1. The topological polar surface area (TPSA) is 98.2 Å². The first-order valence-electron chi connectivity index (χ1n) is 7.79. The summed E-state index contributed by atoms with van der Waals surface area (Å²) < 4.78 is 0. The molecular formula is C16H23N5O2. The largest absolute Gasteiger partial charge is 0.387 e. The van der Waals surface area contributed by atoms with Gasteiger partial charge >= 0.3 is 0 Å². The van der Waals surface area contributed by atoms with Crippen LogP contribution in [0.2, 0.25) is 0 Å². The van der Waals surface area contributed by atoms with Crippen molar-refractivity contribution in [3.63, 3.8) is 0 Å². The fraction of sp³-hybridized carbons (Fsp3) is 0.562. The summed E-state index contributed by atoms with van der Waals surface area (Å²) in [6.45, 7) is 7.41. The smallest absolute Gasteiger partial charge is 0.204 e. The van der Waals surface area contributed by atoms with Crippen molar-refractivity contribution >= 4 is 0 Å². The van der Waals surface area contributed by atoms with E-state index in [4.69, 9.17) is 0 Å². The SMILES string of the molecule is Cc1cc(-c2nn[nH]n2)ccc1CN1CC[C@@](C)(O)[C@@](C)(O)C1. The number of H-pyrrole nitrogens is 1. The van der Waals surface area contributed by atoms with E-state index in [0.29, 0.717) is 18.8 Å². The predicted molar refractivity (Wildman–Crippen MR) is 85.5 cm³/mol. The van der Waals surface area contributed by atoms with E-state index in [2.05, 4.69) is 38.5 Å². The molecule has 0 amide bonds. The summed E-state index contributed by atoms with van der Waals surface area (Å²) in [5.41, 5.74) is 1.11. The van der Waals surface area contributed by atoms with Gasteiger partial charge < -0.3 is 10.2 Å². The lowest BCUT2D eigenvalue weighted by Crippen LogP contribution is -2.61. The molecule has 1 aromatic heterocycles. The Kier molecular flexibility index (Phi) is 3.95. The first kappa shape index (κ1) is 16.0. The molecule has 2 aromatic rings. The number of nitrogens with zero attached hydrogens (tertiary/aromatic N) is 4. The Labute approximate surface area is 135 Å². The minimum absolute atomic E-state index is 0.450. The molecule has 124 valence electrons. The van der Waals surface area contributed by atoms with Gasteiger partial charge in [0.2, 0.25) is 5.82 Å². The van der Waals surface area contributed by atoms with Crippen LogP contribution in [0.4, 0.5) is 0 Å². The highest BCUT2D eigenvalue weighted by atomic mass is 16.4. The van der Waals surface area contributed by atoms with E-state index in [1.807, 2.05) is 12.1 Å². The number of tetrazole rings is 1. The summed E-state index contributed by atoms with van der Waals surface area (Å²) in [6, 6.07) is 6.08. The van der Waals surface area contributed by atoms with Crippen molar-refractivity contribution in [1.29, 1.82) is 0 Å². The molecule has 1 aliphatic rings. The van der Waals surface area contributed by atoms with Crippen molar-refractivity contribution in [2.45, 2.75) is 44.9 Å². The van der Waals surface area contributed by atoms with Crippen LogP contribution in [-0.4, -0.2) is 60.0 Å². The maximum absolute atomic E-state index is 10.5. The summed E-state index contributed by atoms with van der Waals surface area (Å²) >= 11 is 0. The summed E-state index contributed by atoms with van der Waals surface area (Å²) in [5, 5.41) is 34.8. The van der Waals surface area contributed by atoms with Crippen LogP contribution in [0.1, 0.15) is 31.4 Å². The molecule has 1 saturated heterocycles. The van der Waals surface area contributed by atoms with Gasteiger partial charge in [0.25, 0.3) is 0 Å². The number of β-amino-alcohol motifs (C(OH)–C–C–N with tert-alkyl or cyclic N) is 1. The molecule has 0 unspecified atom stereocenters. The van der Waals surface area contributed by atoms with Gasteiger partial charge in [0.05, 0.1) is 5.60 Å². The van der Waals surface area contributed by atoms with E-state index < -0.39 is 11.2 Å². The van der Waals surface area contributed by atoms with E-state index in [1.165, 1.54) is 5.56 Å². The molecular weight excluding hydrogens is 294 g/mol. The molecule has 1 aliphatic heterocycles. The third kappa shape index (κ3) is 3.12. The van der Waals surface area contributed by atoms with Crippen LogP contribution in [0.15, 0.2) is 18.2 Å². The van der Waals surface area contributed by atoms with E-state index in [1.54, 1.807) is 13.8 Å². The lowest BCUT2D eigenvalue weighted by atomic mass is 9.79. The fourth-order valence-electron chi connectivity index (χ4n) is 3.00. The van der Waals surface area contributed by atoms with Crippen molar-refractivity contribution in [2.24, 2.45) is 0 Å². The number of hydrogen-bond acceptors (Lipinski definition) is 6. The Morgan fingerprint density at radius 3 is 2.65 bits per heavy atom. The standard InChI is InChI=1S/C16H23N5O2/c1-11-8-12(14-17-19-20-18-14)4-5-13(11)9-21-7-6-15(2,22)16(3,23)10-21/h4-5,8,22-23H,6-7,9-10H2,1-3H3,(H,17,18,19,20)/t15-,16+/m1/s1. The summed E-state index contributed by atoms with van der Waals surface area (Å²) in [4.78, 5) is 2.17. The molecule has 3 rings (SSSR count). The normalized spacial score (nSPS) is 28.9. The van der Waals surface area contributed by atoms with Crippen molar-refractivity contribution < 1.29 is 10.2 Å². The average molecular weight is 317 g/mol. The van der Waals surface area contributed by atoms with Gasteiger partial charge in [-0.1, -0.05) is 12.1 Å². The summed E-state index contributed by atoms with van der Waals surface area (Å²) in [7, 11) is 0. The minimum atomic E-state index is -1.11. The molecule has 0 saturated carbocycles. The van der Waals surface area contributed by atoms with Gasteiger partial charge in [0.1, 0.15) is 5.60 Å². The van der Waals surface area contributed by atoms with Gasteiger partial charge in [-0.2, -0.15) is 5.21 Å². The van der Waals surface area contributed by atoms with E-state index in [0.717, 1.165) is 24.2 Å². The fourth-order valence-corrected chi connectivity index (χ4v) is 3.00. The number of nitrogens with one attached hydrogen (secondary N) is 1. The Bertz CT molecular complexity index is 682. The number of aromatic nitrogens is 4. The number of benzene rings is 1. The first-order chi connectivity index (χ1) is 10.8. The van der Waals surface area contributed by atoms with Crippen LogP contribution in [0.25, 0.3) is 11.4 Å². The second-order valence-corrected chi connectivity index (χ2v) is 6.89. The first-order valence-corrected chi connectivity index (χ1v) is 7.79. The predicted octanol–water partition coefficient (Wildman–Crippen LogP) is 0.883. The van der Waals surface area contributed by atoms with E-state index in [9.17, 15) is 10.2 Å². The number of hydrogen-bond donors (Lipinski definition) is 3. The van der Waals surface area contributed by atoms with Gasteiger partial charge in [-0.25, -0.2) is 0 Å². The van der Waals surface area contributed by atoms with Crippen molar-refractivity contribution in [3.8, 4) is 11.4 Å². The molecule has 2 atom stereocenters. The molecule has 0 radical (unpaired) electrons. The van der Waals surface area contributed by atoms with Crippen molar-refractivity contribution in [2.75, 3.05) is 13.1 Å². The Morgan fingerprint density at radius 2 is 2.04 bits per heavy atom. The number of likely N-dealkylation sites (tertiary alicyclic amines) is 1. The van der Waals surface area contributed by atoms with Crippen molar-refractivity contribution in [3.05, 3.63) is 29.3 Å². The van der Waals surface area contributed by atoms with Crippen LogP contribution < -0.4 is 0 Å². The lowest BCUT2D eigenvalue weighted by molar-refractivity contribution is -0.171. The molecule has 1 fully saturated rings. The third-order valence-electron chi connectivity index (χ3n) is 4.95. The van der Waals surface area contributed by atoms with Crippen LogP contribution in [0, 0.1) is 6.92 Å². The van der Waals surface area contributed by atoms with Crippen LogP contribution >= 0.6 is 0 Å². The Hall–Kier alpha value is -1.83. The molecule has 1 aromatic carbocycles. The van der Waals surface area contributed by atoms with Gasteiger partial charge in [-0.3, -0.25) is 4.90 Å². The summed E-state index contributed by atoms with van der Waals surface area (Å²) in [5.74, 6) is 0.580. The molecule has 2 heterocycles. The summed E-state index contributed by atoms with van der Waals surface area (Å²) in [6.07, 6.45) is 0.556. The maximum Gasteiger partial charge on any atom is 0.204 e. The van der Waals surface area contributed by atoms with E-state index >= 15 is 0 Å². The van der Waals surface area contributed by atoms with Gasteiger partial charge in [-0.05, 0) is 49.6 Å². The number of aromatic amines is 1. The van der Waals surface area contributed by atoms with E-state index in [-0.39, 0.29) is 0 Å². The lowest BCUT2D eigenvalue weighted by Gasteiger charge is -2.47. The number of aliphatic hydroxyl groups is 2. The average Bonchev–Trinajstić information content (AvgIpc) is 2.99. The Morgan fingerprint density at radius 1 is 1.26 bits per heavy atom. The highest BCUT2D eigenvalue weighted by Crippen LogP contribution is 2.32. The monoisotopic (exact) mass is 317 g/mol. The van der Waals surface area contributed by atoms with Gasteiger partial charge in [0.15, 0.2) is 0 Å². The number of rotatable bonds is 3. The molecule has 23 heavy (non-hydrogen) atoms. The maximum atomic E-state index is 10.5. The van der Waals surface area contributed by atoms with Crippen LogP contribution in [0.3, 0.4) is 0 Å². The molecule has 0 aliphatic carbocycles. The zero-order valence-corrected chi connectivity index (χ0v) is 13.7. The molecule has 7 heteroatoms. The highest BCUT2D eigenvalue weighted by molar-refractivity contribution is 5.56. The van der Waals surface area contributed by atoms with Gasteiger partial charge in [-0.15, -0.1) is 10.2 Å².